The molecule has 1 atom stereocenters. The van der Waals surface area contributed by atoms with Crippen LogP contribution in [0.25, 0.3) is 0 Å². The summed E-state index contributed by atoms with van der Waals surface area (Å²) in [5.74, 6) is -0.316. The Morgan fingerprint density at radius 1 is 1.14 bits per heavy atom. The predicted octanol–water partition coefficient (Wildman–Crippen LogP) is 3.16. The van der Waals surface area contributed by atoms with Gasteiger partial charge in [0.1, 0.15) is 0 Å². The second kappa shape index (κ2) is 8.76. The lowest BCUT2D eigenvalue weighted by molar-refractivity contribution is -0.121. The molecule has 0 heterocycles. The van der Waals surface area contributed by atoms with E-state index >= 15 is 0 Å². The highest BCUT2D eigenvalue weighted by Crippen LogP contribution is 2.17. The Hall–Kier alpha value is -1.59. The molecule has 0 aliphatic rings. The molecule has 5 nitrogen and oxygen atoms in total. The van der Waals surface area contributed by atoms with Gasteiger partial charge in [-0.15, -0.1) is 12.4 Å². The summed E-state index contributed by atoms with van der Waals surface area (Å²) < 4.78 is 0. The van der Waals surface area contributed by atoms with E-state index in [-0.39, 0.29) is 30.1 Å². The molecular weight excluding hydrogens is 302 g/mol. The normalized spacial score (nSPS) is 13.0. The van der Waals surface area contributed by atoms with E-state index in [2.05, 4.69) is 10.6 Å². The molecule has 1 aromatic carbocycles. The van der Waals surface area contributed by atoms with Crippen molar-refractivity contribution in [2.24, 2.45) is 11.7 Å². The molecule has 1 unspecified atom stereocenters. The third-order valence-electron chi connectivity index (χ3n) is 3.22. The minimum Gasteiger partial charge on any atom is -0.326 e. The van der Waals surface area contributed by atoms with Gasteiger partial charge in [-0.3, -0.25) is 9.59 Å². The van der Waals surface area contributed by atoms with Gasteiger partial charge in [-0.25, -0.2) is 0 Å². The van der Waals surface area contributed by atoms with Crippen LogP contribution >= 0.6 is 12.4 Å². The van der Waals surface area contributed by atoms with E-state index in [0.717, 1.165) is 6.42 Å². The molecule has 6 heteroatoms. The maximum atomic E-state index is 12.1. The van der Waals surface area contributed by atoms with Crippen molar-refractivity contribution in [2.75, 3.05) is 10.6 Å². The van der Waals surface area contributed by atoms with Crippen molar-refractivity contribution in [3.8, 4) is 0 Å². The number of carbonyl (C=O) groups is 2. The lowest BCUT2D eigenvalue weighted by Gasteiger charge is -2.22. The van der Waals surface area contributed by atoms with Crippen molar-refractivity contribution in [1.82, 2.24) is 0 Å². The van der Waals surface area contributed by atoms with E-state index in [4.69, 9.17) is 5.73 Å². The topological polar surface area (TPSA) is 84.2 Å². The number of hydrogen-bond acceptors (Lipinski definition) is 3. The molecule has 0 radical (unpaired) electrons. The van der Waals surface area contributed by atoms with Gasteiger partial charge in [-0.2, -0.15) is 0 Å². The van der Waals surface area contributed by atoms with Gasteiger partial charge in [0.2, 0.25) is 11.8 Å². The number of nitrogens with one attached hydrogen (secondary N) is 2. The number of rotatable bonds is 6. The van der Waals surface area contributed by atoms with Crippen LogP contribution in [0.2, 0.25) is 0 Å². The van der Waals surface area contributed by atoms with Crippen LogP contribution in [0.1, 0.15) is 40.5 Å². The zero-order chi connectivity index (χ0) is 16.0. The number of anilines is 2. The summed E-state index contributed by atoms with van der Waals surface area (Å²) in [7, 11) is 0. The lowest BCUT2D eigenvalue weighted by atomic mass is 9.96. The van der Waals surface area contributed by atoms with Gasteiger partial charge in [0.05, 0.1) is 5.54 Å². The van der Waals surface area contributed by atoms with Gasteiger partial charge in [-0.1, -0.05) is 27.2 Å². The standard InChI is InChI=1S/C16H25N3O2.ClH/c1-5-10-16(4,17)15(21)19-13-8-6-12(7-9-13)18-14(20)11(2)3;/h6-9,11H,5,10,17H2,1-4H3,(H,18,20)(H,19,21);1H. The summed E-state index contributed by atoms with van der Waals surface area (Å²) in [4.78, 5) is 23.7. The Kier molecular flexibility index (Phi) is 8.12. The molecular formula is C16H26ClN3O2. The first kappa shape index (κ1) is 20.4. The van der Waals surface area contributed by atoms with E-state index in [1.807, 2.05) is 20.8 Å². The second-order valence-electron chi connectivity index (χ2n) is 5.84. The molecule has 4 N–H and O–H groups in total. The number of benzene rings is 1. The molecule has 0 saturated carbocycles. The molecule has 0 aliphatic carbocycles. The van der Waals surface area contributed by atoms with Crippen LogP contribution < -0.4 is 16.4 Å². The molecule has 124 valence electrons. The number of halogens is 1. The summed E-state index contributed by atoms with van der Waals surface area (Å²) >= 11 is 0. The third-order valence-corrected chi connectivity index (χ3v) is 3.22. The minimum atomic E-state index is -0.876. The summed E-state index contributed by atoms with van der Waals surface area (Å²) in [6.45, 7) is 7.38. The Morgan fingerprint density at radius 3 is 2.00 bits per heavy atom. The minimum absolute atomic E-state index is 0. The fourth-order valence-corrected chi connectivity index (χ4v) is 1.83. The fourth-order valence-electron chi connectivity index (χ4n) is 1.83. The monoisotopic (exact) mass is 327 g/mol. The van der Waals surface area contributed by atoms with E-state index in [1.54, 1.807) is 31.2 Å². The zero-order valence-electron chi connectivity index (χ0n) is 13.6. The molecule has 1 rings (SSSR count). The first-order valence-electron chi connectivity index (χ1n) is 7.27. The van der Waals surface area contributed by atoms with Crippen molar-refractivity contribution >= 4 is 35.6 Å². The van der Waals surface area contributed by atoms with Crippen molar-refractivity contribution in [2.45, 2.75) is 46.1 Å². The maximum Gasteiger partial charge on any atom is 0.244 e. The molecule has 22 heavy (non-hydrogen) atoms. The average Bonchev–Trinajstić information content (AvgIpc) is 2.40. The molecule has 1 aromatic rings. The van der Waals surface area contributed by atoms with Gasteiger partial charge < -0.3 is 16.4 Å². The zero-order valence-corrected chi connectivity index (χ0v) is 14.4. The number of amides is 2. The van der Waals surface area contributed by atoms with Crippen LogP contribution in [0.5, 0.6) is 0 Å². The van der Waals surface area contributed by atoms with Crippen LogP contribution in [-0.2, 0) is 9.59 Å². The number of carbonyl (C=O) groups excluding carboxylic acids is 2. The lowest BCUT2D eigenvalue weighted by Crippen LogP contribution is -2.48. The average molecular weight is 328 g/mol. The number of nitrogens with two attached hydrogens (primary N) is 1. The highest BCUT2D eigenvalue weighted by atomic mass is 35.5. The summed E-state index contributed by atoms with van der Waals surface area (Å²) in [5, 5.41) is 5.59. The predicted molar refractivity (Wildman–Crippen MR) is 93.3 cm³/mol. The van der Waals surface area contributed by atoms with Crippen molar-refractivity contribution < 1.29 is 9.59 Å². The van der Waals surface area contributed by atoms with Gasteiger partial charge in [-0.05, 0) is 37.6 Å². The van der Waals surface area contributed by atoms with Crippen LogP contribution in [0, 0.1) is 5.92 Å². The van der Waals surface area contributed by atoms with Crippen molar-refractivity contribution in [3.63, 3.8) is 0 Å². The van der Waals surface area contributed by atoms with E-state index in [1.165, 1.54) is 0 Å². The Labute approximate surface area is 138 Å². The highest BCUT2D eigenvalue weighted by molar-refractivity contribution is 5.98. The Balaban J connectivity index is 0.00000441. The van der Waals surface area contributed by atoms with E-state index in [9.17, 15) is 9.59 Å². The van der Waals surface area contributed by atoms with Gasteiger partial charge in [0, 0.05) is 17.3 Å². The molecule has 0 fully saturated rings. The molecule has 0 spiro atoms. The smallest absolute Gasteiger partial charge is 0.244 e. The third kappa shape index (κ3) is 6.03. The van der Waals surface area contributed by atoms with Gasteiger partial charge >= 0.3 is 0 Å². The van der Waals surface area contributed by atoms with Crippen LogP contribution in [0.4, 0.5) is 11.4 Å². The molecule has 0 aromatic heterocycles. The first-order valence-corrected chi connectivity index (χ1v) is 7.27. The quantitative estimate of drug-likeness (QED) is 0.750. The second-order valence-corrected chi connectivity index (χ2v) is 5.84. The molecule has 0 saturated heterocycles. The van der Waals surface area contributed by atoms with Gasteiger partial charge in [0.15, 0.2) is 0 Å². The SMILES string of the molecule is CCCC(C)(N)C(=O)Nc1ccc(NC(=O)C(C)C)cc1.Cl. The van der Waals surface area contributed by atoms with Crippen molar-refractivity contribution in [1.29, 1.82) is 0 Å². The first-order chi connectivity index (χ1) is 9.76. The van der Waals surface area contributed by atoms with Crippen molar-refractivity contribution in [3.05, 3.63) is 24.3 Å². The van der Waals surface area contributed by atoms with Crippen LogP contribution in [0.3, 0.4) is 0 Å². The van der Waals surface area contributed by atoms with E-state index < -0.39 is 5.54 Å². The maximum absolute atomic E-state index is 12.1. The van der Waals surface area contributed by atoms with Crippen LogP contribution in [0.15, 0.2) is 24.3 Å². The summed E-state index contributed by atoms with van der Waals surface area (Å²) in [6, 6.07) is 7.00. The fraction of sp³-hybridized carbons (Fsp3) is 0.500. The molecule has 0 bridgehead atoms. The Morgan fingerprint density at radius 2 is 1.59 bits per heavy atom. The molecule has 0 aliphatic heterocycles. The van der Waals surface area contributed by atoms with E-state index in [0.29, 0.717) is 17.8 Å². The molecule has 2 amide bonds. The number of hydrogen-bond donors (Lipinski definition) is 3. The highest BCUT2D eigenvalue weighted by Gasteiger charge is 2.27. The van der Waals surface area contributed by atoms with Crippen LogP contribution in [-0.4, -0.2) is 17.4 Å². The van der Waals surface area contributed by atoms with Gasteiger partial charge in [0.25, 0.3) is 0 Å². The Bertz CT molecular complexity index is 499. The summed E-state index contributed by atoms with van der Waals surface area (Å²) in [5.41, 5.74) is 6.47. The largest absolute Gasteiger partial charge is 0.326 e. The summed E-state index contributed by atoms with van der Waals surface area (Å²) in [6.07, 6.45) is 1.47.